The Balaban J connectivity index is 2.15. The standard InChI is InChI=1S/C16H25N/c1-6-7-12(4)17-15-14-10-13(14)8-9-16(15,5)11(2)3/h6-7,13-15,17H,2,4,8-10H2,1,3,5H3/b7-6-. The zero-order valence-electron chi connectivity index (χ0n) is 11.4. The van der Waals surface area contributed by atoms with Gasteiger partial charge in [-0.1, -0.05) is 31.7 Å². The second-order valence-corrected chi connectivity index (χ2v) is 6.04. The van der Waals surface area contributed by atoms with Crippen molar-refractivity contribution < 1.29 is 0 Å². The Morgan fingerprint density at radius 1 is 1.41 bits per heavy atom. The molecule has 0 aliphatic heterocycles. The molecular formula is C16H25N. The van der Waals surface area contributed by atoms with Gasteiger partial charge in [0.2, 0.25) is 0 Å². The summed E-state index contributed by atoms with van der Waals surface area (Å²) in [6.45, 7) is 14.9. The van der Waals surface area contributed by atoms with Gasteiger partial charge in [-0.25, -0.2) is 0 Å². The smallest absolute Gasteiger partial charge is 0.0382 e. The van der Waals surface area contributed by atoms with Crippen molar-refractivity contribution in [1.29, 1.82) is 0 Å². The molecule has 1 nitrogen and oxygen atoms in total. The van der Waals surface area contributed by atoms with Crippen molar-refractivity contribution in [1.82, 2.24) is 5.32 Å². The molecule has 2 rings (SSSR count). The van der Waals surface area contributed by atoms with Crippen molar-refractivity contribution in [2.75, 3.05) is 0 Å². The number of hydrogen-bond donors (Lipinski definition) is 1. The molecule has 2 saturated carbocycles. The Labute approximate surface area is 106 Å². The number of nitrogens with one attached hydrogen (secondary N) is 1. The van der Waals surface area contributed by atoms with Gasteiger partial charge in [0, 0.05) is 17.2 Å². The number of rotatable bonds is 4. The van der Waals surface area contributed by atoms with Crippen LogP contribution in [0.1, 0.15) is 40.0 Å². The third-order valence-electron chi connectivity index (χ3n) is 4.81. The van der Waals surface area contributed by atoms with E-state index in [-0.39, 0.29) is 5.41 Å². The van der Waals surface area contributed by atoms with Crippen LogP contribution >= 0.6 is 0 Å². The second kappa shape index (κ2) is 4.36. The average Bonchev–Trinajstić information content (AvgIpc) is 3.02. The van der Waals surface area contributed by atoms with Crippen LogP contribution in [0.5, 0.6) is 0 Å². The molecule has 4 atom stereocenters. The quantitative estimate of drug-likeness (QED) is 0.568. The average molecular weight is 231 g/mol. The lowest BCUT2D eigenvalue weighted by molar-refractivity contribution is 0.187. The lowest BCUT2D eigenvalue weighted by atomic mass is 9.67. The van der Waals surface area contributed by atoms with E-state index >= 15 is 0 Å². The molecule has 17 heavy (non-hydrogen) atoms. The highest BCUT2D eigenvalue weighted by atomic mass is 15.0. The fourth-order valence-electron chi connectivity index (χ4n) is 3.32. The first kappa shape index (κ1) is 12.5. The van der Waals surface area contributed by atoms with E-state index < -0.39 is 0 Å². The highest BCUT2D eigenvalue weighted by Crippen LogP contribution is 2.57. The van der Waals surface area contributed by atoms with Crippen LogP contribution in [-0.2, 0) is 0 Å². The predicted octanol–water partition coefficient (Wildman–Crippen LogP) is 4.05. The monoisotopic (exact) mass is 231 g/mol. The van der Waals surface area contributed by atoms with Crippen molar-refractivity contribution in [2.24, 2.45) is 17.3 Å². The Hall–Kier alpha value is -0.980. The Morgan fingerprint density at radius 2 is 2.12 bits per heavy atom. The molecule has 2 aliphatic carbocycles. The van der Waals surface area contributed by atoms with Crippen molar-refractivity contribution in [2.45, 2.75) is 46.1 Å². The van der Waals surface area contributed by atoms with Crippen molar-refractivity contribution >= 4 is 0 Å². The van der Waals surface area contributed by atoms with Crippen LogP contribution in [-0.4, -0.2) is 6.04 Å². The Kier molecular flexibility index (Phi) is 3.20. The zero-order valence-corrected chi connectivity index (χ0v) is 11.4. The van der Waals surface area contributed by atoms with E-state index in [1.165, 1.54) is 24.8 Å². The summed E-state index contributed by atoms with van der Waals surface area (Å²) in [7, 11) is 0. The molecule has 0 spiro atoms. The second-order valence-electron chi connectivity index (χ2n) is 6.04. The number of hydrogen-bond acceptors (Lipinski definition) is 1. The van der Waals surface area contributed by atoms with E-state index in [1.54, 1.807) is 0 Å². The van der Waals surface area contributed by atoms with Gasteiger partial charge in [-0.2, -0.15) is 0 Å². The van der Waals surface area contributed by atoms with Crippen LogP contribution in [0.2, 0.25) is 0 Å². The predicted molar refractivity (Wildman–Crippen MR) is 74.6 cm³/mol. The number of allylic oxidation sites excluding steroid dienone is 2. The van der Waals surface area contributed by atoms with Crippen LogP contribution in [0, 0.1) is 17.3 Å². The van der Waals surface area contributed by atoms with Gasteiger partial charge < -0.3 is 5.32 Å². The van der Waals surface area contributed by atoms with Gasteiger partial charge in [0.25, 0.3) is 0 Å². The fraction of sp³-hybridized carbons (Fsp3) is 0.625. The Bertz CT molecular complexity index is 366. The first-order valence-corrected chi connectivity index (χ1v) is 6.73. The van der Waals surface area contributed by atoms with Crippen LogP contribution in [0.4, 0.5) is 0 Å². The Morgan fingerprint density at radius 3 is 2.71 bits per heavy atom. The molecule has 2 fully saturated rings. The zero-order chi connectivity index (χ0) is 12.6. The lowest BCUT2D eigenvalue weighted by Crippen LogP contribution is -2.47. The van der Waals surface area contributed by atoms with Crippen molar-refractivity contribution in [3.8, 4) is 0 Å². The molecule has 0 aromatic rings. The molecule has 0 aromatic carbocycles. The number of fused-ring (bicyclic) bond motifs is 1. The molecule has 0 bridgehead atoms. The van der Waals surface area contributed by atoms with E-state index in [4.69, 9.17) is 0 Å². The maximum atomic E-state index is 4.22. The van der Waals surface area contributed by atoms with E-state index in [0.717, 1.165) is 17.5 Å². The van der Waals surface area contributed by atoms with E-state index in [2.05, 4.69) is 38.4 Å². The summed E-state index contributed by atoms with van der Waals surface area (Å²) in [5.41, 5.74) is 2.59. The molecule has 0 saturated heterocycles. The molecule has 0 aromatic heterocycles. The summed E-state index contributed by atoms with van der Waals surface area (Å²) in [4.78, 5) is 0. The summed E-state index contributed by atoms with van der Waals surface area (Å²) < 4.78 is 0. The van der Waals surface area contributed by atoms with Crippen molar-refractivity contribution in [3.63, 3.8) is 0 Å². The topological polar surface area (TPSA) is 12.0 Å². The van der Waals surface area contributed by atoms with Crippen LogP contribution in [0.15, 0.2) is 36.6 Å². The third kappa shape index (κ3) is 2.20. The summed E-state index contributed by atoms with van der Waals surface area (Å²) in [5, 5.41) is 3.64. The van der Waals surface area contributed by atoms with Gasteiger partial charge in [0.05, 0.1) is 0 Å². The molecule has 4 unspecified atom stereocenters. The van der Waals surface area contributed by atoms with Crippen LogP contribution in [0.3, 0.4) is 0 Å². The molecule has 0 heterocycles. The molecule has 94 valence electrons. The molecular weight excluding hydrogens is 206 g/mol. The summed E-state index contributed by atoms with van der Waals surface area (Å²) in [6.07, 6.45) is 8.14. The van der Waals surface area contributed by atoms with Gasteiger partial charge >= 0.3 is 0 Å². The minimum absolute atomic E-state index is 0.238. The third-order valence-corrected chi connectivity index (χ3v) is 4.81. The normalized spacial score (nSPS) is 39.8. The maximum Gasteiger partial charge on any atom is 0.0382 e. The molecule has 0 amide bonds. The maximum absolute atomic E-state index is 4.22. The van der Waals surface area contributed by atoms with Crippen LogP contribution in [0.25, 0.3) is 0 Å². The first-order chi connectivity index (χ1) is 7.99. The van der Waals surface area contributed by atoms with Gasteiger partial charge in [-0.3, -0.25) is 0 Å². The highest BCUT2D eigenvalue weighted by Gasteiger charge is 2.54. The SMILES string of the molecule is C=C(/C=C\C)NC1C2CC2CCC1(C)C(=C)C. The van der Waals surface area contributed by atoms with Gasteiger partial charge in [-0.05, 0) is 51.0 Å². The summed E-state index contributed by atoms with van der Waals surface area (Å²) in [5.74, 6) is 1.80. The van der Waals surface area contributed by atoms with E-state index in [1.807, 2.05) is 13.0 Å². The van der Waals surface area contributed by atoms with E-state index in [9.17, 15) is 0 Å². The van der Waals surface area contributed by atoms with E-state index in [0.29, 0.717) is 6.04 Å². The minimum atomic E-state index is 0.238. The van der Waals surface area contributed by atoms with Gasteiger partial charge in [0.1, 0.15) is 0 Å². The summed E-state index contributed by atoms with van der Waals surface area (Å²) in [6, 6.07) is 0.530. The first-order valence-electron chi connectivity index (χ1n) is 6.73. The van der Waals surface area contributed by atoms with Gasteiger partial charge in [-0.15, -0.1) is 0 Å². The minimum Gasteiger partial charge on any atom is -0.382 e. The van der Waals surface area contributed by atoms with Gasteiger partial charge in [0.15, 0.2) is 0 Å². The highest BCUT2D eigenvalue weighted by molar-refractivity contribution is 5.23. The lowest BCUT2D eigenvalue weighted by Gasteiger charge is -2.43. The fourth-order valence-corrected chi connectivity index (χ4v) is 3.32. The van der Waals surface area contributed by atoms with Crippen LogP contribution < -0.4 is 5.32 Å². The van der Waals surface area contributed by atoms with Crippen molar-refractivity contribution in [3.05, 3.63) is 36.6 Å². The summed E-state index contributed by atoms with van der Waals surface area (Å²) >= 11 is 0. The largest absolute Gasteiger partial charge is 0.382 e. The molecule has 1 N–H and O–H groups in total. The molecule has 2 aliphatic rings. The molecule has 1 heteroatoms. The molecule has 0 radical (unpaired) electrons.